The lowest BCUT2D eigenvalue weighted by molar-refractivity contribution is 0.0174. The first-order chi connectivity index (χ1) is 6.82. The number of halogens is 2. The molecule has 0 amide bonds. The van der Waals surface area contributed by atoms with E-state index in [0.29, 0.717) is 5.56 Å². The van der Waals surface area contributed by atoms with Crippen molar-refractivity contribution in [1.82, 2.24) is 0 Å². The van der Waals surface area contributed by atoms with Crippen LogP contribution in [0.4, 0.5) is 8.78 Å². The summed E-state index contributed by atoms with van der Waals surface area (Å²) in [4.78, 5) is 0. The maximum Gasteiger partial charge on any atom is 0.270 e. The first-order valence-corrected chi connectivity index (χ1v) is 4.74. The molecule has 15 heavy (non-hydrogen) atoms. The van der Waals surface area contributed by atoms with Gasteiger partial charge in [-0.15, -0.1) is 0 Å². The highest BCUT2D eigenvalue weighted by molar-refractivity contribution is 5.27. The predicted molar refractivity (Wildman–Crippen MR) is 54.6 cm³/mol. The van der Waals surface area contributed by atoms with Crippen LogP contribution in [0.3, 0.4) is 0 Å². The van der Waals surface area contributed by atoms with Crippen LogP contribution in [0.2, 0.25) is 0 Å². The average molecular weight is 215 g/mol. The van der Waals surface area contributed by atoms with E-state index in [9.17, 15) is 13.9 Å². The minimum atomic E-state index is -2.85. The monoisotopic (exact) mass is 215 g/mol. The van der Waals surface area contributed by atoms with E-state index in [4.69, 9.17) is 5.73 Å². The molecule has 0 radical (unpaired) electrons. The van der Waals surface area contributed by atoms with E-state index in [0.717, 1.165) is 6.92 Å². The summed E-state index contributed by atoms with van der Waals surface area (Å²) in [6.45, 7) is 2.50. The number of benzene rings is 1. The summed E-state index contributed by atoms with van der Waals surface area (Å²) in [5, 5.41) is 9.58. The molecule has 0 aromatic heterocycles. The number of hydrogen-bond acceptors (Lipinski definition) is 2. The Balaban J connectivity index is 2.91. The smallest absolute Gasteiger partial charge is 0.270 e. The zero-order valence-corrected chi connectivity index (χ0v) is 8.74. The van der Waals surface area contributed by atoms with Crippen molar-refractivity contribution in [3.63, 3.8) is 0 Å². The quantitative estimate of drug-likeness (QED) is 0.811. The Hall–Kier alpha value is -1.00. The van der Waals surface area contributed by atoms with Crippen LogP contribution in [0.1, 0.15) is 31.1 Å². The van der Waals surface area contributed by atoms with E-state index in [-0.39, 0.29) is 5.56 Å². The van der Waals surface area contributed by atoms with Gasteiger partial charge in [0.05, 0.1) is 6.10 Å². The van der Waals surface area contributed by atoms with Crippen LogP contribution >= 0.6 is 0 Å². The Bertz CT molecular complexity index is 316. The van der Waals surface area contributed by atoms with Crippen molar-refractivity contribution < 1.29 is 13.9 Å². The van der Waals surface area contributed by atoms with Gasteiger partial charge in [-0.1, -0.05) is 24.3 Å². The first kappa shape index (κ1) is 12.1. The van der Waals surface area contributed by atoms with Crippen LogP contribution in [-0.2, 0) is 5.92 Å². The molecule has 84 valence electrons. The number of alkyl halides is 2. The van der Waals surface area contributed by atoms with Gasteiger partial charge in [0.1, 0.15) is 0 Å². The van der Waals surface area contributed by atoms with Crippen molar-refractivity contribution in [3.8, 4) is 0 Å². The molecular formula is C11H15F2NO. The van der Waals surface area contributed by atoms with Gasteiger partial charge in [-0.25, -0.2) is 8.78 Å². The SMILES string of the molecule is CC(N)C(O)c1ccc(C(C)(F)F)cc1. The standard InChI is InChI=1S/C11H15F2NO/c1-7(14)10(15)8-3-5-9(6-4-8)11(2,12)13/h3-7,10,15H,14H2,1-2H3. The molecule has 0 heterocycles. The summed E-state index contributed by atoms with van der Waals surface area (Å²) in [6, 6.07) is 5.14. The molecule has 1 aromatic rings. The molecule has 2 atom stereocenters. The molecule has 0 fully saturated rings. The Morgan fingerprint density at radius 2 is 1.73 bits per heavy atom. The van der Waals surface area contributed by atoms with Gasteiger partial charge >= 0.3 is 0 Å². The molecule has 3 N–H and O–H groups in total. The second-order valence-electron chi connectivity index (χ2n) is 3.81. The fourth-order valence-corrected chi connectivity index (χ4v) is 1.28. The highest BCUT2D eigenvalue weighted by atomic mass is 19.3. The fraction of sp³-hybridized carbons (Fsp3) is 0.455. The zero-order valence-electron chi connectivity index (χ0n) is 8.74. The van der Waals surface area contributed by atoms with E-state index in [1.165, 1.54) is 24.3 Å². The maximum absolute atomic E-state index is 12.9. The molecule has 0 spiro atoms. The van der Waals surface area contributed by atoms with Crippen LogP contribution in [-0.4, -0.2) is 11.1 Å². The van der Waals surface area contributed by atoms with Crippen molar-refractivity contribution in [1.29, 1.82) is 0 Å². The summed E-state index contributed by atoms with van der Waals surface area (Å²) in [7, 11) is 0. The summed E-state index contributed by atoms with van der Waals surface area (Å²) >= 11 is 0. The molecule has 0 aliphatic carbocycles. The maximum atomic E-state index is 12.9. The minimum Gasteiger partial charge on any atom is -0.387 e. The Morgan fingerprint density at radius 1 is 1.27 bits per heavy atom. The lowest BCUT2D eigenvalue weighted by Crippen LogP contribution is -2.24. The van der Waals surface area contributed by atoms with Crippen molar-refractivity contribution in [2.45, 2.75) is 31.9 Å². The third-order valence-corrected chi connectivity index (χ3v) is 2.26. The van der Waals surface area contributed by atoms with Gasteiger partial charge in [0.25, 0.3) is 5.92 Å². The lowest BCUT2D eigenvalue weighted by Gasteiger charge is -2.16. The van der Waals surface area contributed by atoms with Crippen LogP contribution in [0.25, 0.3) is 0 Å². The molecule has 0 bridgehead atoms. The van der Waals surface area contributed by atoms with Crippen molar-refractivity contribution in [3.05, 3.63) is 35.4 Å². The van der Waals surface area contributed by atoms with Crippen LogP contribution < -0.4 is 5.73 Å². The molecule has 2 unspecified atom stereocenters. The molecular weight excluding hydrogens is 200 g/mol. The van der Waals surface area contributed by atoms with Gasteiger partial charge in [0, 0.05) is 18.5 Å². The second-order valence-corrected chi connectivity index (χ2v) is 3.81. The number of hydrogen-bond donors (Lipinski definition) is 2. The molecule has 1 rings (SSSR count). The Labute approximate surface area is 87.7 Å². The topological polar surface area (TPSA) is 46.2 Å². The molecule has 2 nitrogen and oxygen atoms in total. The Kier molecular flexibility index (Phi) is 3.42. The highest BCUT2D eigenvalue weighted by Crippen LogP contribution is 2.28. The summed E-state index contributed by atoms with van der Waals surface area (Å²) in [6.07, 6.45) is -0.815. The Morgan fingerprint density at radius 3 is 2.07 bits per heavy atom. The van der Waals surface area contributed by atoms with Crippen LogP contribution in [0.5, 0.6) is 0 Å². The number of aliphatic hydroxyl groups is 1. The third kappa shape index (κ3) is 2.97. The van der Waals surface area contributed by atoms with Crippen molar-refractivity contribution in [2.24, 2.45) is 5.73 Å². The normalized spacial score (nSPS) is 16.1. The molecule has 0 aliphatic heterocycles. The molecule has 0 saturated heterocycles. The van der Waals surface area contributed by atoms with Crippen LogP contribution in [0, 0.1) is 0 Å². The summed E-state index contributed by atoms with van der Waals surface area (Å²) in [5.41, 5.74) is 5.98. The van der Waals surface area contributed by atoms with Gasteiger partial charge in [-0.3, -0.25) is 0 Å². The summed E-state index contributed by atoms with van der Waals surface area (Å²) < 4.78 is 25.7. The van der Waals surface area contributed by atoms with Gasteiger partial charge in [0.15, 0.2) is 0 Å². The molecule has 1 aromatic carbocycles. The van der Waals surface area contributed by atoms with Crippen molar-refractivity contribution in [2.75, 3.05) is 0 Å². The number of rotatable bonds is 3. The van der Waals surface area contributed by atoms with E-state index in [1.54, 1.807) is 6.92 Å². The van der Waals surface area contributed by atoms with Gasteiger partial charge < -0.3 is 10.8 Å². The number of nitrogens with two attached hydrogens (primary N) is 1. The minimum absolute atomic E-state index is 0.0666. The van der Waals surface area contributed by atoms with Crippen molar-refractivity contribution >= 4 is 0 Å². The van der Waals surface area contributed by atoms with E-state index < -0.39 is 18.1 Å². The second kappa shape index (κ2) is 4.24. The van der Waals surface area contributed by atoms with Gasteiger partial charge in [0.2, 0.25) is 0 Å². The van der Waals surface area contributed by atoms with E-state index in [1.807, 2.05) is 0 Å². The largest absolute Gasteiger partial charge is 0.387 e. The summed E-state index contributed by atoms with van der Waals surface area (Å²) in [5.74, 6) is -2.85. The predicted octanol–water partition coefficient (Wildman–Crippen LogP) is 2.18. The highest BCUT2D eigenvalue weighted by Gasteiger charge is 2.24. The lowest BCUT2D eigenvalue weighted by atomic mass is 10.0. The number of aliphatic hydroxyl groups excluding tert-OH is 1. The molecule has 4 heteroatoms. The van der Waals surface area contributed by atoms with E-state index >= 15 is 0 Å². The fourth-order valence-electron chi connectivity index (χ4n) is 1.28. The zero-order chi connectivity index (χ0) is 11.6. The van der Waals surface area contributed by atoms with Gasteiger partial charge in [-0.05, 0) is 12.5 Å². The third-order valence-electron chi connectivity index (χ3n) is 2.26. The molecule has 0 saturated carbocycles. The van der Waals surface area contributed by atoms with E-state index in [2.05, 4.69) is 0 Å². The van der Waals surface area contributed by atoms with Gasteiger partial charge in [-0.2, -0.15) is 0 Å². The van der Waals surface area contributed by atoms with Crippen LogP contribution in [0.15, 0.2) is 24.3 Å². The average Bonchev–Trinajstić information content (AvgIpc) is 2.15. The molecule has 0 aliphatic rings. The first-order valence-electron chi connectivity index (χ1n) is 4.74.